The number of benzene rings is 2. The predicted molar refractivity (Wildman–Crippen MR) is 110 cm³/mol. The molecule has 0 bridgehead atoms. The highest BCUT2D eigenvalue weighted by molar-refractivity contribution is 7.21. The first-order valence-electron chi connectivity index (χ1n) is 8.30. The Balaban J connectivity index is 1.48. The van der Waals surface area contributed by atoms with E-state index in [-0.39, 0.29) is 12.5 Å². The molecule has 2 heterocycles. The molecular formula is C20H15N3O2S2. The number of hydrogen-bond donors (Lipinski definition) is 1. The van der Waals surface area contributed by atoms with Crippen LogP contribution in [0.25, 0.3) is 20.3 Å². The highest BCUT2D eigenvalue weighted by Crippen LogP contribution is 2.38. The third-order valence-corrected chi connectivity index (χ3v) is 5.89. The maximum atomic E-state index is 12.2. The molecule has 1 N–H and O–H groups in total. The standard InChI is InChI=1S/C20H15N3O2S2/c1-12-22-19-17(27-12)10-16(15-7-9-26-20(15)19)25-11-18(24)23-14-4-2-13(3-5-14)6-8-21/h2-5,7,9-10H,6,11H2,1H3,(H,23,24). The number of hydrogen-bond acceptors (Lipinski definition) is 6. The lowest BCUT2D eigenvalue weighted by atomic mass is 10.1. The number of aromatic nitrogens is 1. The van der Waals surface area contributed by atoms with Gasteiger partial charge in [0.05, 0.1) is 32.4 Å². The van der Waals surface area contributed by atoms with E-state index in [1.807, 2.05) is 36.6 Å². The summed E-state index contributed by atoms with van der Waals surface area (Å²) in [6.07, 6.45) is 0.355. The highest BCUT2D eigenvalue weighted by atomic mass is 32.1. The first-order chi connectivity index (χ1) is 13.1. The van der Waals surface area contributed by atoms with Gasteiger partial charge in [0.15, 0.2) is 6.61 Å². The number of aryl methyl sites for hydroxylation is 1. The number of ether oxygens (including phenoxy) is 1. The summed E-state index contributed by atoms with van der Waals surface area (Å²) < 4.78 is 7.97. The minimum atomic E-state index is -0.230. The van der Waals surface area contributed by atoms with Gasteiger partial charge in [-0.15, -0.1) is 22.7 Å². The Bertz CT molecular complexity index is 1170. The fraction of sp³-hybridized carbons (Fsp3) is 0.150. The van der Waals surface area contributed by atoms with Crippen LogP contribution in [0.5, 0.6) is 5.75 Å². The number of rotatable bonds is 5. The summed E-state index contributed by atoms with van der Waals surface area (Å²) in [7, 11) is 0. The zero-order chi connectivity index (χ0) is 18.8. The average Bonchev–Trinajstić information content (AvgIpc) is 3.27. The minimum absolute atomic E-state index is 0.0752. The van der Waals surface area contributed by atoms with Crippen LogP contribution in [0.3, 0.4) is 0 Å². The second-order valence-corrected chi connectivity index (χ2v) is 8.14. The molecule has 0 spiro atoms. The summed E-state index contributed by atoms with van der Waals surface area (Å²) in [4.78, 5) is 16.8. The SMILES string of the molecule is Cc1nc2c(cc(OCC(=O)Nc3ccc(CC#N)cc3)c3ccsc32)s1. The van der Waals surface area contributed by atoms with Gasteiger partial charge in [-0.1, -0.05) is 12.1 Å². The fourth-order valence-electron chi connectivity index (χ4n) is 2.84. The Kier molecular flexibility index (Phi) is 4.75. The molecule has 0 aliphatic heterocycles. The van der Waals surface area contributed by atoms with Gasteiger partial charge in [-0.2, -0.15) is 5.26 Å². The second kappa shape index (κ2) is 7.35. The monoisotopic (exact) mass is 393 g/mol. The summed E-state index contributed by atoms with van der Waals surface area (Å²) in [6, 6.07) is 13.3. The van der Waals surface area contributed by atoms with E-state index in [1.165, 1.54) is 0 Å². The maximum absolute atomic E-state index is 12.2. The van der Waals surface area contributed by atoms with Gasteiger partial charge in [0.2, 0.25) is 0 Å². The Morgan fingerprint density at radius 3 is 2.89 bits per heavy atom. The van der Waals surface area contributed by atoms with E-state index in [1.54, 1.807) is 34.8 Å². The van der Waals surface area contributed by atoms with Crippen molar-refractivity contribution in [3.63, 3.8) is 0 Å². The molecule has 2 aromatic carbocycles. The van der Waals surface area contributed by atoms with Gasteiger partial charge in [-0.05, 0) is 36.1 Å². The van der Waals surface area contributed by atoms with Crippen LogP contribution >= 0.6 is 22.7 Å². The molecule has 0 aliphatic carbocycles. The molecule has 5 nitrogen and oxygen atoms in total. The van der Waals surface area contributed by atoms with Crippen molar-refractivity contribution in [3.8, 4) is 11.8 Å². The summed E-state index contributed by atoms with van der Waals surface area (Å²) in [6.45, 7) is 1.91. The summed E-state index contributed by atoms with van der Waals surface area (Å²) in [5, 5.41) is 15.5. The summed E-state index contributed by atoms with van der Waals surface area (Å²) in [5.74, 6) is 0.467. The number of thiazole rings is 1. The number of nitrogens with one attached hydrogen (secondary N) is 1. The highest BCUT2D eigenvalue weighted by Gasteiger charge is 2.13. The number of amides is 1. The Morgan fingerprint density at radius 1 is 1.30 bits per heavy atom. The average molecular weight is 393 g/mol. The number of nitrogens with zero attached hydrogens (tertiary/aromatic N) is 2. The molecule has 0 aliphatic rings. The minimum Gasteiger partial charge on any atom is -0.483 e. The first-order valence-corrected chi connectivity index (χ1v) is 9.99. The van der Waals surface area contributed by atoms with E-state index < -0.39 is 0 Å². The zero-order valence-corrected chi connectivity index (χ0v) is 16.1. The van der Waals surface area contributed by atoms with Crippen LogP contribution in [0.15, 0.2) is 41.8 Å². The number of anilines is 1. The van der Waals surface area contributed by atoms with Crippen LogP contribution in [-0.2, 0) is 11.2 Å². The number of fused-ring (bicyclic) bond motifs is 3. The molecular weight excluding hydrogens is 378 g/mol. The second-order valence-electron chi connectivity index (χ2n) is 5.99. The van der Waals surface area contributed by atoms with Crippen molar-refractivity contribution in [2.24, 2.45) is 0 Å². The number of carbonyl (C=O) groups excluding carboxylic acids is 1. The molecule has 0 radical (unpaired) electrons. The third-order valence-electron chi connectivity index (χ3n) is 4.05. The normalized spacial score (nSPS) is 10.8. The summed E-state index contributed by atoms with van der Waals surface area (Å²) >= 11 is 3.25. The largest absolute Gasteiger partial charge is 0.483 e. The van der Waals surface area contributed by atoms with Crippen LogP contribution in [0, 0.1) is 18.3 Å². The maximum Gasteiger partial charge on any atom is 0.262 e. The smallest absolute Gasteiger partial charge is 0.262 e. The van der Waals surface area contributed by atoms with E-state index in [0.29, 0.717) is 17.9 Å². The van der Waals surface area contributed by atoms with E-state index in [2.05, 4.69) is 16.4 Å². The Labute approximate surface area is 163 Å². The molecule has 4 rings (SSSR count). The zero-order valence-electron chi connectivity index (χ0n) is 14.5. The number of nitriles is 1. The van der Waals surface area contributed by atoms with Crippen LogP contribution in [0.4, 0.5) is 5.69 Å². The fourth-order valence-corrected chi connectivity index (χ4v) is 4.68. The molecule has 0 fully saturated rings. The van der Waals surface area contributed by atoms with E-state index in [0.717, 1.165) is 30.9 Å². The molecule has 27 heavy (non-hydrogen) atoms. The van der Waals surface area contributed by atoms with Gasteiger partial charge in [0.25, 0.3) is 5.91 Å². The van der Waals surface area contributed by atoms with Gasteiger partial charge in [0, 0.05) is 17.1 Å². The summed E-state index contributed by atoms with van der Waals surface area (Å²) in [5.41, 5.74) is 2.59. The first kappa shape index (κ1) is 17.5. The molecule has 2 aromatic heterocycles. The molecule has 0 saturated heterocycles. The molecule has 4 aromatic rings. The van der Waals surface area contributed by atoms with E-state index in [4.69, 9.17) is 10.00 Å². The predicted octanol–water partition coefficient (Wildman–Crippen LogP) is 4.90. The van der Waals surface area contributed by atoms with E-state index in [9.17, 15) is 4.79 Å². The lowest BCUT2D eigenvalue weighted by molar-refractivity contribution is -0.118. The van der Waals surface area contributed by atoms with Gasteiger partial charge in [0.1, 0.15) is 5.75 Å². The molecule has 134 valence electrons. The van der Waals surface area contributed by atoms with Crippen LogP contribution < -0.4 is 10.1 Å². The van der Waals surface area contributed by atoms with Crippen LogP contribution in [-0.4, -0.2) is 17.5 Å². The van der Waals surface area contributed by atoms with Crippen molar-refractivity contribution < 1.29 is 9.53 Å². The van der Waals surface area contributed by atoms with Crippen molar-refractivity contribution in [1.82, 2.24) is 4.98 Å². The number of carbonyl (C=O) groups is 1. The van der Waals surface area contributed by atoms with Gasteiger partial charge in [-0.3, -0.25) is 4.79 Å². The van der Waals surface area contributed by atoms with Gasteiger partial charge in [-0.25, -0.2) is 4.98 Å². The van der Waals surface area contributed by atoms with E-state index >= 15 is 0 Å². The quantitative estimate of drug-likeness (QED) is 0.523. The Hall–Kier alpha value is -2.95. The molecule has 0 unspecified atom stereocenters. The van der Waals surface area contributed by atoms with Crippen molar-refractivity contribution >= 4 is 54.6 Å². The van der Waals surface area contributed by atoms with Gasteiger partial charge < -0.3 is 10.1 Å². The van der Waals surface area contributed by atoms with Crippen LogP contribution in [0.1, 0.15) is 10.6 Å². The van der Waals surface area contributed by atoms with Crippen molar-refractivity contribution in [2.45, 2.75) is 13.3 Å². The lowest BCUT2D eigenvalue weighted by Gasteiger charge is -2.09. The lowest BCUT2D eigenvalue weighted by Crippen LogP contribution is -2.20. The third kappa shape index (κ3) is 3.63. The molecule has 7 heteroatoms. The molecule has 0 saturated carbocycles. The number of thiophene rings is 1. The molecule has 1 amide bonds. The van der Waals surface area contributed by atoms with Crippen molar-refractivity contribution in [1.29, 1.82) is 5.26 Å². The van der Waals surface area contributed by atoms with Crippen LogP contribution in [0.2, 0.25) is 0 Å². The van der Waals surface area contributed by atoms with Crippen molar-refractivity contribution in [2.75, 3.05) is 11.9 Å². The van der Waals surface area contributed by atoms with Crippen molar-refractivity contribution in [3.05, 3.63) is 52.3 Å². The molecule has 0 atom stereocenters. The van der Waals surface area contributed by atoms with Gasteiger partial charge >= 0.3 is 0 Å². The topological polar surface area (TPSA) is 75.0 Å². The Morgan fingerprint density at radius 2 is 2.11 bits per heavy atom.